The van der Waals surface area contributed by atoms with Gasteiger partial charge in [0.2, 0.25) is 0 Å². The Bertz CT molecular complexity index is 602. The number of hydrogen-bond donors (Lipinski definition) is 4. The van der Waals surface area contributed by atoms with E-state index < -0.39 is 12.1 Å². The van der Waals surface area contributed by atoms with Gasteiger partial charge in [0.25, 0.3) is 0 Å². The molecule has 0 saturated heterocycles. The molecule has 1 unspecified atom stereocenters. The highest BCUT2D eigenvalue weighted by Gasteiger charge is 2.34. The van der Waals surface area contributed by atoms with Crippen molar-refractivity contribution in [2.24, 2.45) is 0 Å². The number of amides is 2. The zero-order valence-corrected chi connectivity index (χ0v) is 14.7. The molecular weight excluding hydrogens is 322 g/mol. The molecule has 2 rings (SSSR count). The van der Waals surface area contributed by atoms with E-state index in [1.807, 2.05) is 43.0 Å². The number of nitrogens with zero attached hydrogens (tertiary/aromatic N) is 1. The number of hydrogen-bond acceptors (Lipinski definition) is 4. The largest absolute Gasteiger partial charge is 0.480 e. The minimum atomic E-state index is -0.832. The average molecular weight is 349 g/mol. The number of benzene rings is 1. The molecule has 4 N–H and O–H groups in total. The van der Waals surface area contributed by atoms with Crippen LogP contribution in [0.15, 0.2) is 24.3 Å². The average Bonchev–Trinajstić information content (AvgIpc) is 2.54. The topological polar surface area (TPSA) is 102 Å². The van der Waals surface area contributed by atoms with Gasteiger partial charge in [-0.1, -0.05) is 31.2 Å². The van der Waals surface area contributed by atoms with Gasteiger partial charge >= 0.3 is 12.0 Å². The van der Waals surface area contributed by atoms with Crippen molar-refractivity contribution in [3.8, 4) is 0 Å². The molecular formula is C18H27N3O4. The molecule has 7 heteroatoms. The van der Waals surface area contributed by atoms with E-state index in [1.54, 1.807) is 0 Å². The number of aryl methyl sites for hydroxylation is 1. The summed E-state index contributed by atoms with van der Waals surface area (Å²) in [5.74, 6) is -0.832. The van der Waals surface area contributed by atoms with E-state index in [9.17, 15) is 14.7 Å². The summed E-state index contributed by atoms with van der Waals surface area (Å²) in [7, 11) is 0. The van der Waals surface area contributed by atoms with E-state index in [4.69, 9.17) is 5.11 Å². The highest BCUT2D eigenvalue weighted by atomic mass is 16.4. The van der Waals surface area contributed by atoms with Gasteiger partial charge in [-0.3, -0.25) is 9.69 Å². The molecule has 1 aliphatic rings. The van der Waals surface area contributed by atoms with Crippen LogP contribution in [0.25, 0.3) is 0 Å². The van der Waals surface area contributed by atoms with Crippen LogP contribution in [-0.4, -0.2) is 58.8 Å². The second-order valence-electron chi connectivity index (χ2n) is 6.51. The molecule has 7 nitrogen and oxygen atoms in total. The molecule has 0 radical (unpaired) electrons. The molecule has 1 fully saturated rings. The Labute approximate surface area is 148 Å². The third-order valence-corrected chi connectivity index (χ3v) is 4.71. The molecule has 0 aliphatic heterocycles. The Morgan fingerprint density at radius 3 is 2.60 bits per heavy atom. The molecule has 1 saturated carbocycles. The van der Waals surface area contributed by atoms with Gasteiger partial charge < -0.3 is 20.8 Å². The van der Waals surface area contributed by atoms with Crippen LogP contribution >= 0.6 is 0 Å². The minimum Gasteiger partial charge on any atom is -0.480 e. The lowest BCUT2D eigenvalue weighted by atomic mass is 9.85. The fourth-order valence-electron chi connectivity index (χ4n) is 3.17. The van der Waals surface area contributed by atoms with Gasteiger partial charge in [-0.15, -0.1) is 0 Å². The van der Waals surface area contributed by atoms with Crippen LogP contribution in [0, 0.1) is 6.92 Å². The molecule has 1 atom stereocenters. The summed E-state index contributed by atoms with van der Waals surface area (Å²) >= 11 is 0. The Morgan fingerprint density at radius 1 is 1.32 bits per heavy atom. The summed E-state index contributed by atoms with van der Waals surface area (Å²) in [4.78, 5) is 24.7. The van der Waals surface area contributed by atoms with E-state index in [0.717, 1.165) is 24.0 Å². The van der Waals surface area contributed by atoms with Gasteiger partial charge in [0.05, 0.1) is 12.6 Å². The third kappa shape index (κ3) is 5.44. The van der Waals surface area contributed by atoms with Crippen LogP contribution in [0.3, 0.4) is 0 Å². The second kappa shape index (κ2) is 8.82. The molecule has 0 bridgehead atoms. The van der Waals surface area contributed by atoms with Crippen molar-refractivity contribution >= 4 is 12.0 Å². The number of aliphatic hydroxyl groups excluding tert-OH is 1. The molecule has 1 aliphatic carbocycles. The molecule has 0 aromatic heterocycles. The quantitative estimate of drug-likeness (QED) is 0.566. The fourth-order valence-corrected chi connectivity index (χ4v) is 3.17. The van der Waals surface area contributed by atoms with E-state index in [2.05, 4.69) is 10.6 Å². The number of aliphatic hydroxyl groups is 1. The summed E-state index contributed by atoms with van der Waals surface area (Å²) in [5.41, 5.74) is 1.79. The molecule has 1 aromatic carbocycles. The zero-order valence-electron chi connectivity index (χ0n) is 14.7. The van der Waals surface area contributed by atoms with Crippen LogP contribution < -0.4 is 10.6 Å². The first-order valence-electron chi connectivity index (χ1n) is 8.64. The number of likely N-dealkylation sites (N-methyl/N-ethyl adjacent to an activating group) is 1. The number of nitrogens with one attached hydrogen (secondary N) is 2. The summed E-state index contributed by atoms with van der Waals surface area (Å²) in [6, 6.07) is 7.46. The Kier molecular flexibility index (Phi) is 6.78. The summed E-state index contributed by atoms with van der Waals surface area (Å²) in [6.07, 6.45) is 0.747. The van der Waals surface area contributed by atoms with E-state index in [0.29, 0.717) is 6.54 Å². The molecule has 138 valence electrons. The Hall–Kier alpha value is -2.12. The standard InChI is InChI=1S/C18H27N3O4/c1-3-21(11-17(23)24)14-8-13(9-14)20-18(25)19-10-16(22)15-7-5-4-6-12(15)2/h4-7,13-14,16,22H,3,8-11H2,1-2H3,(H,23,24)(H2,19,20,25). The summed E-state index contributed by atoms with van der Waals surface area (Å²) in [5, 5.41) is 24.6. The second-order valence-corrected chi connectivity index (χ2v) is 6.51. The first-order valence-corrected chi connectivity index (χ1v) is 8.64. The summed E-state index contributed by atoms with van der Waals surface area (Å²) < 4.78 is 0. The van der Waals surface area contributed by atoms with Crippen LogP contribution in [0.1, 0.15) is 37.0 Å². The number of aliphatic carboxylic acids is 1. The third-order valence-electron chi connectivity index (χ3n) is 4.71. The Balaban J connectivity index is 1.70. The van der Waals surface area contributed by atoms with Gasteiger partial charge in [0, 0.05) is 18.6 Å². The smallest absolute Gasteiger partial charge is 0.317 e. The first kappa shape index (κ1) is 19.2. The van der Waals surface area contributed by atoms with Gasteiger partial charge in [-0.05, 0) is 37.4 Å². The van der Waals surface area contributed by atoms with E-state index >= 15 is 0 Å². The maximum absolute atomic E-state index is 11.9. The molecule has 25 heavy (non-hydrogen) atoms. The van der Waals surface area contributed by atoms with Gasteiger partial charge in [0.15, 0.2) is 0 Å². The molecule has 2 amide bonds. The highest BCUT2D eigenvalue weighted by Crippen LogP contribution is 2.25. The van der Waals surface area contributed by atoms with Crippen molar-refractivity contribution in [3.05, 3.63) is 35.4 Å². The van der Waals surface area contributed by atoms with Crippen molar-refractivity contribution in [3.63, 3.8) is 0 Å². The number of carbonyl (C=O) groups is 2. The number of carboxylic acids is 1. The maximum atomic E-state index is 11.9. The van der Waals surface area contributed by atoms with Crippen LogP contribution in [-0.2, 0) is 4.79 Å². The molecule has 0 heterocycles. The van der Waals surface area contributed by atoms with Crippen LogP contribution in [0.4, 0.5) is 4.79 Å². The first-order chi connectivity index (χ1) is 11.9. The van der Waals surface area contributed by atoms with Crippen LogP contribution in [0.2, 0.25) is 0 Å². The van der Waals surface area contributed by atoms with E-state index in [-0.39, 0.29) is 31.2 Å². The van der Waals surface area contributed by atoms with E-state index in [1.165, 1.54) is 0 Å². The van der Waals surface area contributed by atoms with Gasteiger partial charge in [-0.25, -0.2) is 4.79 Å². The fraction of sp³-hybridized carbons (Fsp3) is 0.556. The number of rotatable bonds is 8. The lowest BCUT2D eigenvalue weighted by Crippen LogP contribution is -2.56. The van der Waals surface area contributed by atoms with Crippen molar-refractivity contribution < 1.29 is 19.8 Å². The molecule has 0 spiro atoms. The van der Waals surface area contributed by atoms with Crippen molar-refractivity contribution in [2.75, 3.05) is 19.6 Å². The van der Waals surface area contributed by atoms with Gasteiger partial charge in [-0.2, -0.15) is 0 Å². The number of carbonyl (C=O) groups excluding carboxylic acids is 1. The van der Waals surface area contributed by atoms with Crippen molar-refractivity contribution in [1.82, 2.24) is 15.5 Å². The maximum Gasteiger partial charge on any atom is 0.317 e. The monoisotopic (exact) mass is 349 g/mol. The van der Waals surface area contributed by atoms with Crippen molar-refractivity contribution in [2.45, 2.75) is 44.9 Å². The van der Waals surface area contributed by atoms with Crippen molar-refractivity contribution in [1.29, 1.82) is 0 Å². The summed E-state index contributed by atoms with van der Waals surface area (Å²) in [6.45, 7) is 4.71. The normalized spacial score (nSPS) is 20.6. The number of urea groups is 1. The number of carboxylic acid groups (broad SMARTS) is 1. The van der Waals surface area contributed by atoms with Crippen LogP contribution in [0.5, 0.6) is 0 Å². The predicted molar refractivity (Wildman–Crippen MR) is 94.4 cm³/mol. The predicted octanol–water partition coefficient (Wildman–Crippen LogP) is 1.27. The van der Waals surface area contributed by atoms with Gasteiger partial charge in [0.1, 0.15) is 0 Å². The molecule has 1 aromatic rings. The zero-order chi connectivity index (χ0) is 18.4. The Morgan fingerprint density at radius 2 is 2.00 bits per heavy atom. The highest BCUT2D eigenvalue weighted by molar-refractivity contribution is 5.74. The lowest BCUT2D eigenvalue weighted by Gasteiger charge is -2.42. The minimum absolute atomic E-state index is 0.0305. The lowest BCUT2D eigenvalue weighted by molar-refractivity contribution is -0.139. The SMILES string of the molecule is CCN(CC(=O)O)C1CC(NC(=O)NCC(O)c2ccccc2C)C1.